The Hall–Kier alpha value is -2.88. The molecule has 0 aliphatic rings. The number of fused-ring (bicyclic) bond motifs is 1. The summed E-state index contributed by atoms with van der Waals surface area (Å²) in [6, 6.07) is 16.3. The molecule has 122 valence electrons. The molecule has 0 bridgehead atoms. The second-order valence-electron chi connectivity index (χ2n) is 5.57. The van der Waals surface area contributed by atoms with Crippen LogP contribution in [-0.4, -0.2) is 22.4 Å². The zero-order valence-corrected chi connectivity index (χ0v) is 13.9. The van der Waals surface area contributed by atoms with E-state index >= 15 is 0 Å². The van der Waals surface area contributed by atoms with Crippen molar-refractivity contribution in [3.8, 4) is 0 Å². The van der Waals surface area contributed by atoms with E-state index in [9.17, 15) is 4.79 Å². The van der Waals surface area contributed by atoms with Crippen LogP contribution in [-0.2, 0) is 16.1 Å². The molecule has 3 rings (SSSR count). The maximum absolute atomic E-state index is 11.6. The molecular weight excluding hydrogens is 300 g/mol. The summed E-state index contributed by atoms with van der Waals surface area (Å²) in [6.07, 6.45) is 3.14. The van der Waals surface area contributed by atoms with E-state index in [0.29, 0.717) is 13.2 Å². The van der Waals surface area contributed by atoms with Crippen LogP contribution in [0.1, 0.15) is 23.7 Å². The average Bonchev–Trinajstić information content (AvgIpc) is 2.93. The van der Waals surface area contributed by atoms with Crippen LogP contribution in [0, 0.1) is 6.92 Å². The molecule has 0 radical (unpaired) electrons. The number of nitrogens with zero attached hydrogens (tertiary/aromatic N) is 2. The van der Waals surface area contributed by atoms with Gasteiger partial charge >= 0.3 is 5.97 Å². The molecular formula is C20H20N2O2. The van der Waals surface area contributed by atoms with E-state index in [1.54, 1.807) is 13.0 Å². The summed E-state index contributed by atoms with van der Waals surface area (Å²) in [5.41, 5.74) is 4.28. The van der Waals surface area contributed by atoms with Crippen molar-refractivity contribution >= 4 is 22.9 Å². The Labute approximate surface area is 141 Å². The predicted octanol–water partition coefficient (Wildman–Crippen LogP) is 3.97. The topological polar surface area (TPSA) is 44.1 Å². The third-order valence-electron chi connectivity index (χ3n) is 3.93. The molecule has 0 atom stereocenters. The number of benzene rings is 2. The van der Waals surface area contributed by atoms with Gasteiger partial charge < -0.3 is 4.74 Å². The number of para-hydroxylation sites is 1. The molecule has 1 heterocycles. The number of carbonyl (C=O) groups excluding carboxylic acids is 1. The first-order valence-electron chi connectivity index (χ1n) is 8.04. The molecule has 24 heavy (non-hydrogen) atoms. The van der Waals surface area contributed by atoms with Crippen LogP contribution in [0.15, 0.2) is 54.6 Å². The van der Waals surface area contributed by atoms with Gasteiger partial charge in [0.25, 0.3) is 0 Å². The van der Waals surface area contributed by atoms with E-state index < -0.39 is 0 Å². The molecule has 0 spiro atoms. The highest BCUT2D eigenvalue weighted by Gasteiger charge is 2.09. The second-order valence-corrected chi connectivity index (χ2v) is 5.57. The fourth-order valence-electron chi connectivity index (χ4n) is 2.68. The Morgan fingerprint density at radius 2 is 1.92 bits per heavy atom. The Balaban J connectivity index is 1.98. The van der Waals surface area contributed by atoms with Crippen molar-refractivity contribution in [2.24, 2.45) is 0 Å². The number of aryl methyl sites for hydroxylation is 1. The van der Waals surface area contributed by atoms with Crippen LogP contribution in [0.2, 0.25) is 0 Å². The van der Waals surface area contributed by atoms with E-state index in [2.05, 4.69) is 24.2 Å². The lowest BCUT2D eigenvalue weighted by Crippen LogP contribution is -2.03. The van der Waals surface area contributed by atoms with Gasteiger partial charge in [0.05, 0.1) is 24.4 Å². The Bertz CT molecular complexity index is 894. The number of hydrogen-bond acceptors (Lipinski definition) is 3. The summed E-state index contributed by atoms with van der Waals surface area (Å²) < 4.78 is 6.91. The molecule has 0 saturated heterocycles. The molecule has 0 fully saturated rings. The molecule has 4 nitrogen and oxygen atoms in total. The Kier molecular flexibility index (Phi) is 4.75. The molecule has 0 amide bonds. The van der Waals surface area contributed by atoms with Gasteiger partial charge in [-0.25, -0.2) is 4.79 Å². The third-order valence-corrected chi connectivity index (χ3v) is 3.93. The fraction of sp³-hybridized carbons (Fsp3) is 0.200. The Morgan fingerprint density at radius 1 is 1.17 bits per heavy atom. The van der Waals surface area contributed by atoms with Gasteiger partial charge in [-0.1, -0.05) is 42.5 Å². The van der Waals surface area contributed by atoms with E-state index in [4.69, 9.17) is 4.74 Å². The van der Waals surface area contributed by atoms with Crippen LogP contribution >= 0.6 is 0 Å². The first-order chi connectivity index (χ1) is 11.7. The second kappa shape index (κ2) is 7.13. The van der Waals surface area contributed by atoms with Crippen LogP contribution in [0.25, 0.3) is 17.0 Å². The van der Waals surface area contributed by atoms with Crippen molar-refractivity contribution in [1.82, 2.24) is 9.78 Å². The number of aromatic nitrogens is 2. The van der Waals surface area contributed by atoms with Crippen LogP contribution in [0.3, 0.4) is 0 Å². The van der Waals surface area contributed by atoms with Gasteiger partial charge in [-0.05, 0) is 37.1 Å². The summed E-state index contributed by atoms with van der Waals surface area (Å²) in [7, 11) is 0. The summed E-state index contributed by atoms with van der Waals surface area (Å²) in [5, 5.41) is 5.70. The van der Waals surface area contributed by atoms with Crippen molar-refractivity contribution in [3.63, 3.8) is 0 Å². The lowest BCUT2D eigenvalue weighted by molar-refractivity contribution is -0.137. The van der Waals surface area contributed by atoms with Crippen LogP contribution < -0.4 is 0 Å². The average molecular weight is 320 g/mol. The first-order valence-corrected chi connectivity index (χ1v) is 8.04. The van der Waals surface area contributed by atoms with Gasteiger partial charge in [0, 0.05) is 11.5 Å². The van der Waals surface area contributed by atoms with Crippen LogP contribution in [0.4, 0.5) is 0 Å². The summed E-state index contributed by atoms with van der Waals surface area (Å²) in [5.74, 6) is -0.352. The van der Waals surface area contributed by atoms with E-state index in [1.807, 2.05) is 41.1 Å². The molecule has 1 aromatic heterocycles. The molecule has 2 aromatic carbocycles. The lowest BCUT2D eigenvalue weighted by Gasteiger charge is -2.06. The monoisotopic (exact) mass is 320 g/mol. The van der Waals surface area contributed by atoms with Crippen molar-refractivity contribution < 1.29 is 9.53 Å². The quantitative estimate of drug-likeness (QED) is 0.528. The maximum atomic E-state index is 11.6. The van der Waals surface area contributed by atoms with Crippen molar-refractivity contribution in [3.05, 3.63) is 71.4 Å². The molecule has 0 aliphatic heterocycles. The highest BCUT2D eigenvalue weighted by molar-refractivity contribution is 5.92. The number of hydrogen-bond donors (Lipinski definition) is 0. The maximum Gasteiger partial charge on any atom is 0.330 e. The minimum absolute atomic E-state index is 0.352. The smallest absolute Gasteiger partial charge is 0.330 e. The number of rotatable bonds is 5. The normalized spacial score (nSPS) is 11.2. The number of esters is 1. The standard InChI is InChI=1S/C20H20N2O2/c1-3-24-20(23)13-12-18-17-10-6-7-11-19(17)22(21-18)14-16-9-5-4-8-15(16)2/h4-13H,3,14H2,1-2H3/b13-12+. The van der Waals surface area contributed by atoms with Gasteiger partial charge in [0.1, 0.15) is 0 Å². The number of carbonyl (C=O) groups is 1. The molecule has 0 saturated carbocycles. The zero-order chi connectivity index (χ0) is 16.9. The van der Waals surface area contributed by atoms with Gasteiger partial charge in [-0.15, -0.1) is 0 Å². The van der Waals surface area contributed by atoms with E-state index in [0.717, 1.165) is 16.6 Å². The lowest BCUT2D eigenvalue weighted by atomic mass is 10.1. The summed E-state index contributed by atoms with van der Waals surface area (Å²) in [4.78, 5) is 11.6. The van der Waals surface area contributed by atoms with Gasteiger partial charge in [0.15, 0.2) is 0 Å². The predicted molar refractivity (Wildman–Crippen MR) is 95.7 cm³/mol. The highest BCUT2D eigenvalue weighted by atomic mass is 16.5. The van der Waals surface area contributed by atoms with Crippen molar-refractivity contribution in [2.45, 2.75) is 20.4 Å². The SMILES string of the molecule is CCOC(=O)/C=C/c1nn(Cc2ccccc2C)c2ccccc12. The first kappa shape index (κ1) is 16.0. The summed E-state index contributed by atoms with van der Waals surface area (Å²) in [6.45, 7) is 4.95. The minimum atomic E-state index is -0.352. The molecule has 0 aliphatic carbocycles. The Morgan fingerprint density at radius 3 is 2.71 bits per heavy atom. The third kappa shape index (κ3) is 3.38. The van der Waals surface area contributed by atoms with Gasteiger partial charge in [-0.2, -0.15) is 5.10 Å². The molecule has 0 unspecified atom stereocenters. The molecule has 3 aromatic rings. The van der Waals surface area contributed by atoms with Gasteiger partial charge in [-0.3, -0.25) is 4.68 Å². The molecule has 0 N–H and O–H groups in total. The minimum Gasteiger partial charge on any atom is -0.463 e. The fourth-order valence-corrected chi connectivity index (χ4v) is 2.68. The number of ether oxygens (including phenoxy) is 1. The largest absolute Gasteiger partial charge is 0.463 e. The molecule has 4 heteroatoms. The van der Waals surface area contributed by atoms with Crippen LogP contribution in [0.5, 0.6) is 0 Å². The van der Waals surface area contributed by atoms with E-state index in [-0.39, 0.29) is 5.97 Å². The van der Waals surface area contributed by atoms with E-state index in [1.165, 1.54) is 17.2 Å². The van der Waals surface area contributed by atoms with Crippen molar-refractivity contribution in [2.75, 3.05) is 6.61 Å². The zero-order valence-electron chi connectivity index (χ0n) is 13.9. The summed E-state index contributed by atoms with van der Waals surface area (Å²) >= 11 is 0. The van der Waals surface area contributed by atoms with Gasteiger partial charge in [0.2, 0.25) is 0 Å². The van der Waals surface area contributed by atoms with Crippen molar-refractivity contribution in [1.29, 1.82) is 0 Å². The highest BCUT2D eigenvalue weighted by Crippen LogP contribution is 2.21.